The SMILES string of the molecule is CCCNc1cncc(NCCc2ccc(F)cc2)c1. The van der Waals surface area contributed by atoms with Gasteiger partial charge in [-0.15, -0.1) is 0 Å². The predicted octanol–water partition coefficient (Wildman–Crippen LogP) is 3.70. The zero-order valence-corrected chi connectivity index (χ0v) is 11.7. The van der Waals surface area contributed by atoms with E-state index in [9.17, 15) is 4.39 Å². The first-order valence-electron chi connectivity index (χ1n) is 6.95. The lowest BCUT2D eigenvalue weighted by molar-refractivity contribution is 0.627. The second-order valence-electron chi connectivity index (χ2n) is 4.69. The van der Waals surface area contributed by atoms with Gasteiger partial charge in [-0.25, -0.2) is 4.39 Å². The van der Waals surface area contributed by atoms with Gasteiger partial charge in [0.15, 0.2) is 0 Å². The fourth-order valence-electron chi connectivity index (χ4n) is 1.90. The Hall–Kier alpha value is -2.10. The second kappa shape index (κ2) is 7.48. The molecule has 0 aliphatic rings. The number of nitrogens with zero attached hydrogens (tertiary/aromatic N) is 1. The van der Waals surface area contributed by atoms with Crippen LogP contribution in [0, 0.1) is 5.82 Å². The fraction of sp³-hybridized carbons (Fsp3) is 0.312. The second-order valence-corrected chi connectivity index (χ2v) is 4.69. The minimum Gasteiger partial charge on any atom is -0.384 e. The molecule has 0 saturated heterocycles. The van der Waals surface area contributed by atoms with Gasteiger partial charge in [-0.2, -0.15) is 0 Å². The van der Waals surface area contributed by atoms with Crippen molar-refractivity contribution in [1.82, 2.24) is 4.98 Å². The molecule has 0 radical (unpaired) electrons. The van der Waals surface area contributed by atoms with Crippen LogP contribution in [0.15, 0.2) is 42.7 Å². The van der Waals surface area contributed by atoms with E-state index in [1.54, 1.807) is 0 Å². The van der Waals surface area contributed by atoms with Gasteiger partial charge >= 0.3 is 0 Å². The molecule has 0 amide bonds. The third-order valence-electron chi connectivity index (χ3n) is 2.97. The van der Waals surface area contributed by atoms with Crippen molar-refractivity contribution in [3.8, 4) is 0 Å². The third kappa shape index (κ3) is 4.53. The maximum atomic E-state index is 12.8. The number of aromatic nitrogens is 1. The van der Waals surface area contributed by atoms with Gasteiger partial charge in [0.2, 0.25) is 0 Å². The van der Waals surface area contributed by atoms with Crippen LogP contribution < -0.4 is 10.6 Å². The van der Waals surface area contributed by atoms with Gasteiger partial charge in [0, 0.05) is 13.1 Å². The van der Waals surface area contributed by atoms with Gasteiger partial charge in [-0.05, 0) is 36.6 Å². The first-order chi connectivity index (χ1) is 9.78. The quantitative estimate of drug-likeness (QED) is 0.807. The molecule has 1 aromatic carbocycles. The molecule has 0 aliphatic heterocycles. The molecule has 3 nitrogen and oxygen atoms in total. The lowest BCUT2D eigenvalue weighted by Crippen LogP contribution is -2.06. The van der Waals surface area contributed by atoms with Gasteiger partial charge in [0.1, 0.15) is 5.82 Å². The number of hydrogen-bond acceptors (Lipinski definition) is 3. The van der Waals surface area contributed by atoms with Crippen molar-refractivity contribution in [3.05, 3.63) is 54.1 Å². The zero-order valence-electron chi connectivity index (χ0n) is 11.7. The highest BCUT2D eigenvalue weighted by Crippen LogP contribution is 2.13. The minimum atomic E-state index is -0.194. The van der Waals surface area contributed by atoms with Crippen molar-refractivity contribution in [2.45, 2.75) is 19.8 Å². The van der Waals surface area contributed by atoms with E-state index >= 15 is 0 Å². The van der Waals surface area contributed by atoms with E-state index in [1.807, 2.05) is 30.6 Å². The van der Waals surface area contributed by atoms with Gasteiger partial charge in [-0.1, -0.05) is 19.1 Å². The van der Waals surface area contributed by atoms with Crippen molar-refractivity contribution >= 4 is 11.4 Å². The molecule has 0 bridgehead atoms. The van der Waals surface area contributed by atoms with Crippen LogP contribution in [0.5, 0.6) is 0 Å². The predicted molar refractivity (Wildman–Crippen MR) is 81.6 cm³/mol. The summed E-state index contributed by atoms with van der Waals surface area (Å²) in [5.74, 6) is -0.194. The van der Waals surface area contributed by atoms with Crippen LogP contribution in [-0.4, -0.2) is 18.1 Å². The van der Waals surface area contributed by atoms with Crippen molar-refractivity contribution in [2.24, 2.45) is 0 Å². The van der Waals surface area contributed by atoms with E-state index in [1.165, 1.54) is 12.1 Å². The van der Waals surface area contributed by atoms with Crippen molar-refractivity contribution in [2.75, 3.05) is 23.7 Å². The molecular formula is C16H20FN3. The molecule has 0 unspecified atom stereocenters. The number of nitrogens with one attached hydrogen (secondary N) is 2. The van der Waals surface area contributed by atoms with Crippen LogP contribution in [0.3, 0.4) is 0 Å². The molecule has 2 N–H and O–H groups in total. The summed E-state index contributed by atoms with van der Waals surface area (Å²) in [6.45, 7) is 3.87. The molecule has 0 aliphatic carbocycles. The molecule has 4 heteroatoms. The average Bonchev–Trinajstić information content (AvgIpc) is 2.48. The van der Waals surface area contributed by atoms with Crippen molar-refractivity contribution < 1.29 is 4.39 Å². The lowest BCUT2D eigenvalue weighted by Gasteiger charge is -2.09. The molecule has 0 atom stereocenters. The molecule has 20 heavy (non-hydrogen) atoms. The Balaban J connectivity index is 1.82. The van der Waals surface area contributed by atoms with E-state index in [-0.39, 0.29) is 5.82 Å². The van der Waals surface area contributed by atoms with Gasteiger partial charge in [0.25, 0.3) is 0 Å². The summed E-state index contributed by atoms with van der Waals surface area (Å²) in [5.41, 5.74) is 3.14. The van der Waals surface area contributed by atoms with E-state index in [2.05, 4.69) is 22.5 Å². The molecule has 1 aromatic heterocycles. The Labute approximate surface area is 119 Å². The van der Waals surface area contributed by atoms with Crippen molar-refractivity contribution in [3.63, 3.8) is 0 Å². The Bertz CT molecular complexity index is 526. The highest BCUT2D eigenvalue weighted by atomic mass is 19.1. The smallest absolute Gasteiger partial charge is 0.123 e. The van der Waals surface area contributed by atoms with E-state index in [4.69, 9.17) is 0 Å². The number of halogens is 1. The topological polar surface area (TPSA) is 37.0 Å². The molecule has 0 saturated carbocycles. The number of rotatable bonds is 7. The summed E-state index contributed by atoms with van der Waals surface area (Å²) in [5, 5.41) is 6.63. The van der Waals surface area contributed by atoms with Gasteiger partial charge < -0.3 is 10.6 Å². The van der Waals surface area contributed by atoms with Crippen LogP contribution in [0.4, 0.5) is 15.8 Å². The highest BCUT2D eigenvalue weighted by molar-refractivity contribution is 5.53. The summed E-state index contributed by atoms with van der Waals surface area (Å²) in [7, 11) is 0. The highest BCUT2D eigenvalue weighted by Gasteiger charge is 1.97. The van der Waals surface area contributed by atoms with Gasteiger partial charge in [0.05, 0.1) is 23.8 Å². The summed E-state index contributed by atoms with van der Waals surface area (Å²) >= 11 is 0. The van der Waals surface area contributed by atoms with Crippen LogP contribution >= 0.6 is 0 Å². The fourth-order valence-corrected chi connectivity index (χ4v) is 1.90. The number of hydrogen-bond donors (Lipinski definition) is 2. The monoisotopic (exact) mass is 273 g/mol. The zero-order chi connectivity index (χ0) is 14.2. The van der Waals surface area contributed by atoms with E-state index in [0.717, 1.165) is 42.9 Å². The lowest BCUT2D eigenvalue weighted by atomic mass is 10.1. The summed E-state index contributed by atoms with van der Waals surface area (Å²) in [6.07, 6.45) is 5.57. The molecule has 0 fully saturated rings. The molecular weight excluding hydrogens is 253 g/mol. The first-order valence-corrected chi connectivity index (χ1v) is 6.95. The number of benzene rings is 1. The molecule has 2 aromatic rings. The Morgan fingerprint density at radius 1 is 1.00 bits per heavy atom. The number of pyridine rings is 1. The largest absolute Gasteiger partial charge is 0.384 e. The van der Waals surface area contributed by atoms with Crippen LogP contribution in [0.25, 0.3) is 0 Å². The van der Waals surface area contributed by atoms with Crippen molar-refractivity contribution in [1.29, 1.82) is 0 Å². The van der Waals surface area contributed by atoms with Crippen LogP contribution in [0.1, 0.15) is 18.9 Å². The third-order valence-corrected chi connectivity index (χ3v) is 2.97. The van der Waals surface area contributed by atoms with E-state index < -0.39 is 0 Å². The van der Waals surface area contributed by atoms with Crippen LogP contribution in [0.2, 0.25) is 0 Å². The first kappa shape index (κ1) is 14.3. The summed E-state index contributed by atoms with van der Waals surface area (Å²) in [6, 6.07) is 8.66. The van der Waals surface area contributed by atoms with Gasteiger partial charge in [-0.3, -0.25) is 4.98 Å². The average molecular weight is 273 g/mol. The Morgan fingerprint density at radius 3 is 2.30 bits per heavy atom. The summed E-state index contributed by atoms with van der Waals surface area (Å²) < 4.78 is 12.8. The maximum absolute atomic E-state index is 12.8. The minimum absolute atomic E-state index is 0.194. The van der Waals surface area contributed by atoms with E-state index in [0.29, 0.717) is 0 Å². The number of anilines is 2. The normalized spacial score (nSPS) is 10.3. The Kier molecular flexibility index (Phi) is 5.35. The molecule has 2 rings (SSSR count). The van der Waals surface area contributed by atoms with Crippen LogP contribution in [-0.2, 0) is 6.42 Å². The molecule has 0 spiro atoms. The molecule has 106 valence electrons. The maximum Gasteiger partial charge on any atom is 0.123 e. The Morgan fingerprint density at radius 2 is 1.65 bits per heavy atom. The summed E-state index contributed by atoms with van der Waals surface area (Å²) in [4.78, 5) is 4.20. The molecule has 1 heterocycles. The standard InChI is InChI=1S/C16H20FN3/c1-2-8-19-15-10-16(12-18-11-15)20-9-7-13-3-5-14(17)6-4-13/h3-6,10-12,19-20H,2,7-9H2,1H3.